The van der Waals surface area contributed by atoms with Gasteiger partial charge < -0.3 is 5.32 Å². The standard InChI is InChI=1S/C13H14ClN3O/c1-2-17-8-7-12(16-17)9-15-13(18)10-3-5-11(14)6-4-10/h3-8H,2,9H2,1H3,(H,15,18). The van der Waals surface area contributed by atoms with Gasteiger partial charge in [0.05, 0.1) is 12.2 Å². The lowest BCUT2D eigenvalue weighted by molar-refractivity contribution is 0.0950. The van der Waals surface area contributed by atoms with Crippen LogP contribution < -0.4 is 5.32 Å². The summed E-state index contributed by atoms with van der Waals surface area (Å²) in [7, 11) is 0. The third kappa shape index (κ3) is 3.11. The second-order valence-electron chi connectivity index (χ2n) is 3.85. The lowest BCUT2D eigenvalue weighted by atomic mass is 10.2. The number of hydrogen-bond acceptors (Lipinski definition) is 2. The highest BCUT2D eigenvalue weighted by Gasteiger charge is 2.05. The van der Waals surface area contributed by atoms with Gasteiger partial charge in [-0.1, -0.05) is 11.6 Å². The molecule has 18 heavy (non-hydrogen) atoms. The van der Waals surface area contributed by atoms with Crippen LogP contribution in [-0.2, 0) is 13.1 Å². The third-order valence-electron chi connectivity index (χ3n) is 2.56. The van der Waals surface area contributed by atoms with Gasteiger partial charge in [-0.15, -0.1) is 0 Å². The zero-order valence-electron chi connectivity index (χ0n) is 10.1. The van der Waals surface area contributed by atoms with Crippen molar-refractivity contribution in [3.05, 3.63) is 52.8 Å². The van der Waals surface area contributed by atoms with Crippen LogP contribution in [0.1, 0.15) is 23.0 Å². The molecule has 1 heterocycles. The fourth-order valence-corrected chi connectivity index (χ4v) is 1.67. The summed E-state index contributed by atoms with van der Waals surface area (Å²) in [5.41, 5.74) is 1.44. The second kappa shape index (κ2) is 5.69. The quantitative estimate of drug-likeness (QED) is 0.921. The van der Waals surface area contributed by atoms with E-state index in [0.29, 0.717) is 17.1 Å². The summed E-state index contributed by atoms with van der Waals surface area (Å²) in [5.74, 6) is -0.127. The second-order valence-corrected chi connectivity index (χ2v) is 4.29. The first-order valence-electron chi connectivity index (χ1n) is 5.75. The smallest absolute Gasteiger partial charge is 0.251 e. The average molecular weight is 264 g/mol. The maximum absolute atomic E-state index is 11.8. The molecule has 1 N–H and O–H groups in total. The summed E-state index contributed by atoms with van der Waals surface area (Å²) < 4.78 is 1.82. The highest BCUT2D eigenvalue weighted by molar-refractivity contribution is 6.30. The fraction of sp³-hybridized carbons (Fsp3) is 0.231. The van der Waals surface area contributed by atoms with E-state index in [-0.39, 0.29) is 5.91 Å². The minimum Gasteiger partial charge on any atom is -0.346 e. The van der Waals surface area contributed by atoms with Gasteiger partial charge in [-0.2, -0.15) is 5.10 Å². The van der Waals surface area contributed by atoms with E-state index in [1.807, 2.05) is 23.9 Å². The van der Waals surface area contributed by atoms with Gasteiger partial charge in [0.1, 0.15) is 0 Å². The Morgan fingerprint density at radius 3 is 2.67 bits per heavy atom. The van der Waals surface area contributed by atoms with Crippen LogP contribution in [0.4, 0.5) is 0 Å². The van der Waals surface area contributed by atoms with Crippen LogP contribution in [0.5, 0.6) is 0 Å². The molecule has 1 aromatic heterocycles. The molecule has 0 radical (unpaired) electrons. The number of carbonyl (C=O) groups excluding carboxylic acids is 1. The topological polar surface area (TPSA) is 46.9 Å². The normalized spacial score (nSPS) is 10.3. The Morgan fingerprint density at radius 1 is 1.33 bits per heavy atom. The summed E-state index contributed by atoms with van der Waals surface area (Å²) in [6, 6.07) is 8.68. The lowest BCUT2D eigenvalue weighted by Crippen LogP contribution is -2.23. The molecule has 0 atom stereocenters. The van der Waals surface area contributed by atoms with E-state index in [4.69, 9.17) is 11.6 Å². The number of halogens is 1. The molecule has 94 valence electrons. The molecule has 1 amide bonds. The van der Waals surface area contributed by atoms with Crippen molar-refractivity contribution in [2.75, 3.05) is 0 Å². The number of hydrogen-bond donors (Lipinski definition) is 1. The molecule has 0 saturated carbocycles. The van der Waals surface area contributed by atoms with Gasteiger partial charge in [-0.25, -0.2) is 0 Å². The highest BCUT2D eigenvalue weighted by Crippen LogP contribution is 2.09. The maximum Gasteiger partial charge on any atom is 0.251 e. The molecule has 2 rings (SSSR count). The molecule has 5 heteroatoms. The van der Waals surface area contributed by atoms with E-state index < -0.39 is 0 Å². The summed E-state index contributed by atoms with van der Waals surface area (Å²) in [6.45, 7) is 3.27. The molecule has 1 aromatic carbocycles. The van der Waals surface area contributed by atoms with Crippen LogP contribution in [0.2, 0.25) is 5.02 Å². The van der Waals surface area contributed by atoms with Gasteiger partial charge in [-0.3, -0.25) is 9.48 Å². The van der Waals surface area contributed by atoms with Crippen LogP contribution in [0.15, 0.2) is 36.5 Å². The summed E-state index contributed by atoms with van der Waals surface area (Å²) in [6.07, 6.45) is 1.89. The van der Waals surface area contributed by atoms with E-state index in [2.05, 4.69) is 10.4 Å². The Labute approximate surface area is 111 Å². The Balaban J connectivity index is 1.93. The van der Waals surface area contributed by atoms with Crippen LogP contribution in [0, 0.1) is 0 Å². The van der Waals surface area contributed by atoms with E-state index in [1.165, 1.54) is 0 Å². The molecule has 0 fully saturated rings. The van der Waals surface area contributed by atoms with Gasteiger partial charge in [0.15, 0.2) is 0 Å². The summed E-state index contributed by atoms with van der Waals surface area (Å²) in [4.78, 5) is 11.8. The summed E-state index contributed by atoms with van der Waals surface area (Å²) >= 11 is 5.76. The Morgan fingerprint density at radius 2 is 2.06 bits per heavy atom. The van der Waals surface area contributed by atoms with Crippen LogP contribution >= 0.6 is 11.6 Å². The van der Waals surface area contributed by atoms with Crippen molar-refractivity contribution in [3.8, 4) is 0 Å². The number of rotatable bonds is 4. The van der Waals surface area contributed by atoms with E-state index in [0.717, 1.165) is 12.2 Å². The van der Waals surface area contributed by atoms with Crippen molar-refractivity contribution in [1.82, 2.24) is 15.1 Å². The number of benzene rings is 1. The lowest BCUT2D eigenvalue weighted by Gasteiger charge is -2.03. The van der Waals surface area contributed by atoms with Crippen LogP contribution in [0.25, 0.3) is 0 Å². The molecule has 0 aliphatic rings. The van der Waals surface area contributed by atoms with Crippen LogP contribution in [-0.4, -0.2) is 15.7 Å². The first-order chi connectivity index (χ1) is 8.69. The molecule has 4 nitrogen and oxygen atoms in total. The molecule has 0 spiro atoms. The van der Waals surface area contributed by atoms with Crippen molar-refractivity contribution < 1.29 is 4.79 Å². The Bertz CT molecular complexity index is 533. The minimum atomic E-state index is -0.127. The molecule has 2 aromatic rings. The Kier molecular flexibility index (Phi) is 3.99. The van der Waals surface area contributed by atoms with Gasteiger partial charge >= 0.3 is 0 Å². The van der Waals surface area contributed by atoms with E-state index in [9.17, 15) is 4.79 Å². The van der Waals surface area contributed by atoms with Gasteiger partial charge in [0.25, 0.3) is 5.91 Å². The molecular weight excluding hydrogens is 250 g/mol. The van der Waals surface area contributed by atoms with Crippen molar-refractivity contribution in [2.45, 2.75) is 20.0 Å². The predicted octanol–water partition coefficient (Wildman–Crippen LogP) is 2.49. The predicted molar refractivity (Wildman–Crippen MR) is 70.5 cm³/mol. The van der Waals surface area contributed by atoms with Crippen molar-refractivity contribution in [3.63, 3.8) is 0 Å². The SMILES string of the molecule is CCn1ccc(CNC(=O)c2ccc(Cl)cc2)n1. The molecule has 0 bridgehead atoms. The number of nitrogens with one attached hydrogen (secondary N) is 1. The number of carbonyl (C=O) groups is 1. The molecule has 0 unspecified atom stereocenters. The first kappa shape index (κ1) is 12.6. The summed E-state index contributed by atoms with van der Waals surface area (Å²) in [5, 5.41) is 7.72. The average Bonchev–Trinajstić information content (AvgIpc) is 2.85. The minimum absolute atomic E-state index is 0.127. The third-order valence-corrected chi connectivity index (χ3v) is 2.81. The maximum atomic E-state index is 11.8. The largest absolute Gasteiger partial charge is 0.346 e. The van der Waals surface area contributed by atoms with Crippen molar-refractivity contribution >= 4 is 17.5 Å². The first-order valence-corrected chi connectivity index (χ1v) is 6.13. The number of aryl methyl sites for hydroxylation is 1. The zero-order valence-corrected chi connectivity index (χ0v) is 10.8. The number of aromatic nitrogens is 2. The van der Waals surface area contributed by atoms with Gasteiger partial charge in [0.2, 0.25) is 0 Å². The van der Waals surface area contributed by atoms with E-state index >= 15 is 0 Å². The van der Waals surface area contributed by atoms with Gasteiger partial charge in [-0.05, 0) is 37.3 Å². The number of amides is 1. The monoisotopic (exact) mass is 263 g/mol. The molecule has 0 aliphatic carbocycles. The van der Waals surface area contributed by atoms with E-state index in [1.54, 1.807) is 24.3 Å². The molecule has 0 saturated heterocycles. The van der Waals surface area contributed by atoms with Crippen molar-refractivity contribution in [1.29, 1.82) is 0 Å². The van der Waals surface area contributed by atoms with Crippen LogP contribution in [0.3, 0.4) is 0 Å². The zero-order chi connectivity index (χ0) is 13.0. The highest BCUT2D eigenvalue weighted by atomic mass is 35.5. The number of nitrogens with zero attached hydrogens (tertiary/aromatic N) is 2. The molecular formula is C13H14ClN3O. The molecule has 0 aliphatic heterocycles. The Hall–Kier alpha value is -1.81. The van der Waals surface area contributed by atoms with Crippen molar-refractivity contribution in [2.24, 2.45) is 0 Å². The van der Waals surface area contributed by atoms with Gasteiger partial charge in [0, 0.05) is 23.3 Å². The fourth-order valence-electron chi connectivity index (χ4n) is 1.55.